The molecule has 2 fully saturated rings. The first-order valence-corrected chi connectivity index (χ1v) is 12.6. The van der Waals surface area contributed by atoms with Gasteiger partial charge in [-0.15, -0.1) is 0 Å². The first kappa shape index (κ1) is 22.9. The molecule has 8 heteroatoms. The Morgan fingerprint density at radius 2 is 1.97 bits per heavy atom. The Bertz CT molecular complexity index is 1370. The second-order valence-corrected chi connectivity index (χ2v) is 9.99. The van der Waals surface area contributed by atoms with Crippen LogP contribution in [0, 0.1) is 5.92 Å². The van der Waals surface area contributed by atoms with Gasteiger partial charge in [0.2, 0.25) is 0 Å². The van der Waals surface area contributed by atoms with Crippen LogP contribution < -0.4 is 4.74 Å². The number of fused-ring (bicyclic) bond motifs is 1. The zero-order valence-corrected chi connectivity index (χ0v) is 20.7. The second kappa shape index (κ2) is 9.52. The second-order valence-electron chi connectivity index (χ2n) is 9.99. The van der Waals surface area contributed by atoms with Crippen molar-refractivity contribution < 1.29 is 14.6 Å². The first-order chi connectivity index (χ1) is 17.6. The Morgan fingerprint density at radius 1 is 1.08 bits per heavy atom. The lowest BCUT2D eigenvalue weighted by atomic mass is 9.92. The third-order valence-corrected chi connectivity index (χ3v) is 7.35. The van der Waals surface area contributed by atoms with E-state index < -0.39 is 0 Å². The molecule has 1 atom stereocenters. The fourth-order valence-corrected chi connectivity index (χ4v) is 5.40. The molecule has 8 nitrogen and oxygen atoms in total. The molecule has 0 amide bonds. The maximum absolute atomic E-state index is 10.8. The summed E-state index contributed by atoms with van der Waals surface area (Å²) in [7, 11) is 3.53. The summed E-state index contributed by atoms with van der Waals surface area (Å²) in [5.41, 5.74) is 5.01. The number of hydrogen-bond acceptors (Lipinski definition) is 7. The third kappa shape index (κ3) is 4.42. The van der Waals surface area contributed by atoms with Crippen molar-refractivity contribution in [2.75, 3.05) is 40.0 Å². The van der Waals surface area contributed by atoms with Gasteiger partial charge in [0.1, 0.15) is 17.0 Å². The summed E-state index contributed by atoms with van der Waals surface area (Å²) >= 11 is 0. The van der Waals surface area contributed by atoms with Crippen molar-refractivity contribution in [3.8, 4) is 33.9 Å². The van der Waals surface area contributed by atoms with Gasteiger partial charge in [-0.25, -0.2) is 0 Å². The fraction of sp³-hybridized carbons (Fsp3) is 0.393. The van der Waals surface area contributed by atoms with E-state index in [4.69, 9.17) is 9.47 Å². The van der Waals surface area contributed by atoms with Crippen LogP contribution in [0.3, 0.4) is 0 Å². The van der Waals surface area contributed by atoms with Gasteiger partial charge in [0.05, 0.1) is 25.1 Å². The highest BCUT2D eigenvalue weighted by Gasteiger charge is 2.31. The highest BCUT2D eigenvalue weighted by molar-refractivity contribution is 5.90. The highest BCUT2D eigenvalue weighted by atomic mass is 16.5. The molecule has 2 saturated heterocycles. The molecule has 1 N–H and O–H groups in total. The van der Waals surface area contributed by atoms with Gasteiger partial charge in [-0.1, -0.05) is 6.07 Å². The number of rotatable bonds is 6. The van der Waals surface area contributed by atoms with E-state index in [-0.39, 0.29) is 5.75 Å². The van der Waals surface area contributed by atoms with Gasteiger partial charge < -0.3 is 19.5 Å². The summed E-state index contributed by atoms with van der Waals surface area (Å²) in [5, 5.41) is 25.2. The van der Waals surface area contributed by atoms with Crippen LogP contribution >= 0.6 is 0 Å². The van der Waals surface area contributed by atoms with E-state index >= 15 is 0 Å². The molecule has 2 aromatic heterocycles. The molecule has 2 aliphatic rings. The number of hydrogen-bond donors (Lipinski definition) is 1. The van der Waals surface area contributed by atoms with Crippen LogP contribution in [0.2, 0.25) is 0 Å². The molecule has 6 rings (SSSR count). The number of phenols is 1. The normalized spacial score (nSPS) is 18.9. The van der Waals surface area contributed by atoms with Crippen molar-refractivity contribution >= 4 is 10.9 Å². The van der Waals surface area contributed by atoms with Crippen LogP contribution in [0.25, 0.3) is 33.3 Å². The van der Waals surface area contributed by atoms with E-state index in [1.54, 1.807) is 17.9 Å². The number of methoxy groups -OCH3 is 1. The van der Waals surface area contributed by atoms with Gasteiger partial charge in [-0.2, -0.15) is 15.3 Å². The van der Waals surface area contributed by atoms with E-state index in [0.717, 1.165) is 60.6 Å². The largest absolute Gasteiger partial charge is 0.507 e. The van der Waals surface area contributed by atoms with Gasteiger partial charge in [0, 0.05) is 56.4 Å². The molecule has 0 saturated carbocycles. The minimum atomic E-state index is 0.171. The number of aryl methyl sites for hydroxylation is 1. The minimum Gasteiger partial charge on any atom is -0.507 e. The summed E-state index contributed by atoms with van der Waals surface area (Å²) in [6.07, 6.45) is 4.40. The average Bonchev–Trinajstić information content (AvgIpc) is 3.26. The van der Waals surface area contributed by atoms with Gasteiger partial charge in [-0.3, -0.25) is 4.68 Å². The molecular formula is C28H31N5O3. The molecule has 4 heterocycles. The van der Waals surface area contributed by atoms with Crippen molar-refractivity contribution in [2.45, 2.75) is 18.8 Å². The number of benzene rings is 2. The van der Waals surface area contributed by atoms with Crippen LogP contribution in [0.5, 0.6) is 11.5 Å². The standard InChI is InChI=1S/C28H31N5O3/c1-32-14-21-10-20(12-27(35-2)28(21)31-32)19-5-6-23(26(34)11-19)25-8-7-24(29-30-25)22-15-33(16-22)13-18-4-3-9-36-17-18/h5-8,10-12,14,18,22,34H,3-4,9,13,15-17H2,1-2H3. The summed E-state index contributed by atoms with van der Waals surface area (Å²) in [4.78, 5) is 2.49. The number of aromatic hydroxyl groups is 1. The van der Waals surface area contributed by atoms with Gasteiger partial charge in [0.15, 0.2) is 0 Å². The molecule has 4 aromatic rings. The summed E-state index contributed by atoms with van der Waals surface area (Å²) in [6.45, 7) is 4.96. The van der Waals surface area contributed by atoms with Crippen LogP contribution in [0.1, 0.15) is 24.5 Å². The van der Waals surface area contributed by atoms with E-state index in [1.165, 1.54) is 12.8 Å². The molecule has 0 spiro atoms. The molecule has 2 aliphatic heterocycles. The van der Waals surface area contributed by atoms with Crippen molar-refractivity contribution in [3.05, 3.63) is 54.4 Å². The minimum absolute atomic E-state index is 0.171. The van der Waals surface area contributed by atoms with Crippen LogP contribution in [-0.4, -0.2) is 69.9 Å². The quantitative estimate of drug-likeness (QED) is 0.437. The van der Waals surface area contributed by atoms with Crippen LogP contribution in [0.4, 0.5) is 0 Å². The smallest absolute Gasteiger partial charge is 0.147 e. The lowest BCUT2D eigenvalue weighted by Gasteiger charge is -2.41. The SMILES string of the molecule is COc1cc(-c2ccc(-c3ccc(C4CN(CC5CCCOC5)C4)nn3)c(O)c2)cc2cn(C)nc12. The van der Waals surface area contributed by atoms with E-state index in [2.05, 4.69) is 26.3 Å². The van der Waals surface area contributed by atoms with Crippen LogP contribution in [0.15, 0.2) is 48.7 Å². The maximum atomic E-state index is 10.8. The zero-order valence-electron chi connectivity index (χ0n) is 20.7. The lowest BCUT2D eigenvalue weighted by Crippen LogP contribution is -2.48. The molecule has 186 valence electrons. The number of nitrogens with zero attached hydrogens (tertiary/aromatic N) is 5. The maximum Gasteiger partial charge on any atom is 0.147 e. The monoisotopic (exact) mass is 485 g/mol. The molecule has 0 radical (unpaired) electrons. The van der Waals surface area contributed by atoms with Crippen molar-refractivity contribution in [3.63, 3.8) is 0 Å². The Labute approximate surface area is 210 Å². The van der Waals surface area contributed by atoms with Gasteiger partial charge in [-0.05, 0) is 66.3 Å². The third-order valence-electron chi connectivity index (χ3n) is 7.35. The Kier molecular flexibility index (Phi) is 6.07. The number of aromatic nitrogens is 4. The van der Waals surface area contributed by atoms with Crippen molar-refractivity contribution in [1.82, 2.24) is 24.9 Å². The fourth-order valence-electron chi connectivity index (χ4n) is 5.40. The number of phenolic OH excluding ortho intramolecular Hbond substituents is 1. The zero-order chi connectivity index (χ0) is 24.6. The lowest BCUT2D eigenvalue weighted by molar-refractivity contribution is 0.0224. The predicted octanol–water partition coefficient (Wildman–Crippen LogP) is 4.24. The number of likely N-dealkylation sites (tertiary alicyclic amines) is 1. The topological polar surface area (TPSA) is 85.5 Å². The molecule has 0 aliphatic carbocycles. The van der Waals surface area contributed by atoms with Gasteiger partial charge in [0.25, 0.3) is 0 Å². The van der Waals surface area contributed by atoms with E-state index in [0.29, 0.717) is 28.8 Å². The van der Waals surface area contributed by atoms with Gasteiger partial charge >= 0.3 is 0 Å². The average molecular weight is 486 g/mol. The molecule has 1 unspecified atom stereocenters. The van der Waals surface area contributed by atoms with Crippen LogP contribution in [-0.2, 0) is 11.8 Å². The predicted molar refractivity (Wildman–Crippen MR) is 138 cm³/mol. The molecule has 0 bridgehead atoms. The summed E-state index contributed by atoms with van der Waals surface area (Å²) in [6, 6.07) is 13.6. The Hall–Kier alpha value is -3.49. The van der Waals surface area contributed by atoms with Crippen molar-refractivity contribution in [2.24, 2.45) is 13.0 Å². The number of ether oxygens (including phenoxy) is 2. The van der Waals surface area contributed by atoms with Crippen molar-refractivity contribution in [1.29, 1.82) is 0 Å². The molecular weight excluding hydrogens is 454 g/mol. The van der Waals surface area contributed by atoms with E-state index in [9.17, 15) is 5.11 Å². The Balaban J connectivity index is 1.15. The highest BCUT2D eigenvalue weighted by Crippen LogP contribution is 2.36. The summed E-state index contributed by atoms with van der Waals surface area (Å²) < 4.78 is 12.9. The Morgan fingerprint density at radius 3 is 2.69 bits per heavy atom. The first-order valence-electron chi connectivity index (χ1n) is 12.6. The summed E-state index contributed by atoms with van der Waals surface area (Å²) in [5.74, 6) is 1.95. The molecule has 36 heavy (non-hydrogen) atoms. The molecule has 2 aromatic carbocycles. The van der Waals surface area contributed by atoms with E-state index in [1.807, 2.05) is 43.6 Å².